The molecule has 0 saturated carbocycles. The maximum Gasteiger partial charge on any atom is 0.254 e. The van der Waals surface area contributed by atoms with Crippen molar-refractivity contribution in [3.63, 3.8) is 0 Å². The summed E-state index contributed by atoms with van der Waals surface area (Å²) in [7, 11) is 0. The van der Waals surface area contributed by atoms with Gasteiger partial charge in [0.05, 0.1) is 26.0 Å². The molecule has 1 fully saturated rings. The van der Waals surface area contributed by atoms with Crippen molar-refractivity contribution in [3.05, 3.63) is 54.2 Å². The molecule has 2 aromatic rings. The van der Waals surface area contributed by atoms with Gasteiger partial charge in [0.2, 0.25) is 5.88 Å². The number of hydrogen-bond donors (Lipinski definition) is 0. The van der Waals surface area contributed by atoms with E-state index < -0.39 is 5.82 Å². The Kier molecular flexibility index (Phi) is 4.77. The minimum Gasteiger partial charge on any atom is -0.469 e. The first kappa shape index (κ1) is 15.4. The molecule has 7 heteroatoms. The standard InChI is InChI=1S/C16H16FN3O3/c17-13-3-1-2-12(8-13)16(21)20-6-7-22-11-14(10-20)23-15-9-18-4-5-19-15/h1-5,8-9,14H,6-7,10-11H2/t14-/m1/s1. The van der Waals surface area contributed by atoms with E-state index in [1.165, 1.54) is 30.6 Å². The Morgan fingerprint density at radius 3 is 3.09 bits per heavy atom. The molecule has 23 heavy (non-hydrogen) atoms. The molecule has 1 atom stereocenters. The molecule has 2 heterocycles. The summed E-state index contributed by atoms with van der Waals surface area (Å²) in [5.74, 6) is -0.307. The predicted molar refractivity (Wildman–Crippen MR) is 79.6 cm³/mol. The minimum absolute atomic E-state index is 0.247. The van der Waals surface area contributed by atoms with E-state index in [0.717, 1.165) is 0 Å². The summed E-state index contributed by atoms with van der Waals surface area (Å²) in [6, 6.07) is 5.65. The van der Waals surface area contributed by atoms with Gasteiger partial charge in [0.1, 0.15) is 11.9 Å². The molecule has 1 aromatic heterocycles. The van der Waals surface area contributed by atoms with Crippen LogP contribution in [-0.2, 0) is 4.74 Å². The second-order valence-corrected chi connectivity index (χ2v) is 5.12. The number of carbonyl (C=O) groups is 1. The molecule has 0 aliphatic carbocycles. The Bertz CT molecular complexity index is 669. The summed E-state index contributed by atoms with van der Waals surface area (Å²) < 4.78 is 24.5. The third-order valence-corrected chi connectivity index (χ3v) is 3.42. The number of rotatable bonds is 3. The fourth-order valence-electron chi connectivity index (χ4n) is 2.36. The van der Waals surface area contributed by atoms with Gasteiger partial charge in [-0.25, -0.2) is 9.37 Å². The van der Waals surface area contributed by atoms with Crippen LogP contribution in [0.15, 0.2) is 42.9 Å². The van der Waals surface area contributed by atoms with E-state index in [9.17, 15) is 9.18 Å². The second kappa shape index (κ2) is 7.15. The first-order chi connectivity index (χ1) is 11.2. The molecule has 1 aromatic carbocycles. The molecule has 0 unspecified atom stereocenters. The van der Waals surface area contributed by atoms with E-state index in [-0.39, 0.29) is 12.0 Å². The van der Waals surface area contributed by atoms with Crippen LogP contribution >= 0.6 is 0 Å². The first-order valence-electron chi connectivity index (χ1n) is 7.27. The van der Waals surface area contributed by atoms with Gasteiger partial charge in [0.25, 0.3) is 5.91 Å². The first-order valence-corrected chi connectivity index (χ1v) is 7.27. The summed E-state index contributed by atoms with van der Waals surface area (Å²) in [5.41, 5.74) is 0.310. The molecule has 1 saturated heterocycles. The van der Waals surface area contributed by atoms with Gasteiger partial charge < -0.3 is 14.4 Å². The van der Waals surface area contributed by atoms with Crippen molar-refractivity contribution in [2.45, 2.75) is 6.10 Å². The van der Waals surface area contributed by atoms with Gasteiger partial charge in [-0.15, -0.1) is 0 Å². The average molecular weight is 317 g/mol. The Morgan fingerprint density at radius 2 is 2.30 bits per heavy atom. The molecule has 1 aliphatic rings. The number of halogens is 1. The Balaban J connectivity index is 1.70. The highest BCUT2D eigenvalue weighted by molar-refractivity contribution is 5.94. The fourth-order valence-corrected chi connectivity index (χ4v) is 2.36. The monoisotopic (exact) mass is 317 g/mol. The highest BCUT2D eigenvalue weighted by Crippen LogP contribution is 2.13. The number of nitrogens with zero attached hydrogens (tertiary/aromatic N) is 3. The molecule has 3 rings (SSSR count). The van der Waals surface area contributed by atoms with Crippen LogP contribution in [0.25, 0.3) is 0 Å². The molecule has 0 N–H and O–H groups in total. The molecule has 120 valence electrons. The summed E-state index contributed by atoms with van der Waals surface area (Å²) in [4.78, 5) is 22.1. The van der Waals surface area contributed by atoms with Gasteiger partial charge in [0, 0.05) is 24.5 Å². The van der Waals surface area contributed by atoms with Crippen LogP contribution in [0.2, 0.25) is 0 Å². The average Bonchev–Trinajstić information content (AvgIpc) is 2.81. The zero-order valence-corrected chi connectivity index (χ0v) is 12.4. The van der Waals surface area contributed by atoms with Crippen LogP contribution in [0, 0.1) is 5.82 Å². The summed E-state index contributed by atoms with van der Waals surface area (Å²) in [6.45, 7) is 1.52. The van der Waals surface area contributed by atoms with E-state index >= 15 is 0 Å². The Morgan fingerprint density at radius 1 is 1.39 bits per heavy atom. The van der Waals surface area contributed by atoms with Gasteiger partial charge in [-0.2, -0.15) is 0 Å². The fraction of sp³-hybridized carbons (Fsp3) is 0.312. The van der Waals surface area contributed by atoms with E-state index in [4.69, 9.17) is 9.47 Å². The van der Waals surface area contributed by atoms with Crippen LogP contribution in [0.4, 0.5) is 4.39 Å². The summed E-state index contributed by atoms with van der Waals surface area (Å²) in [6.07, 6.45) is 4.23. The minimum atomic E-state index is -0.436. The highest BCUT2D eigenvalue weighted by Gasteiger charge is 2.25. The maximum atomic E-state index is 13.3. The van der Waals surface area contributed by atoms with E-state index in [1.807, 2.05) is 0 Å². The molecule has 6 nitrogen and oxygen atoms in total. The van der Waals surface area contributed by atoms with Gasteiger partial charge >= 0.3 is 0 Å². The number of hydrogen-bond acceptors (Lipinski definition) is 5. The zero-order chi connectivity index (χ0) is 16.1. The number of ether oxygens (including phenoxy) is 2. The third kappa shape index (κ3) is 4.01. The maximum absolute atomic E-state index is 13.3. The van der Waals surface area contributed by atoms with Crippen LogP contribution < -0.4 is 4.74 Å². The predicted octanol–water partition coefficient (Wildman–Crippen LogP) is 1.54. The van der Waals surface area contributed by atoms with E-state index in [0.29, 0.717) is 37.7 Å². The molecule has 1 aliphatic heterocycles. The quantitative estimate of drug-likeness (QED) is 0.859. The van der Waals surface area contributed by atoms with Crippen molar-refractivity contribution in [2.75, 3.05) is 26.3 Å². The largest absolute Gasteiger partial charge is 0.469 e. The SMILES string of the molecule is O=C(c1cccc(F)c1)N1CCOC[C@H](Oc2cnccn2)C1. The third-order valence-electron chi connectivity index (χ3n) is 3.42. The smallest absolute Gasteiger partial charge is 0.254 e. The van der Waals surface area contributed by atoms with Crippen LogP contribution in [0.5, 0.6) is 5.88 Å². The number of amides is 1. The van der Waals surface area contributed by atoms with Crippen LogP contribution in [-0.4, -0.2) is 53.2 Å². The van der Waals surface area contributed by atoms with Crippen molar-refractivity contribution in [1.29, 1.82) is 0 Å². The molecule has 1 amide bonds. The lowest BCUT2D eigenvalue weighted by atomic mass is 10.2. The van der Waals surface area contributed by atoms with Gasteiger partial charge in [-0.1, -0.05) is 6.07 Å². The lowest BCUT2D eigenvalue weighted by molar-refractivity contribution is 0.0631. The Labute approximate surface area is 132 Å². The molecule has 0 spiro atoms. The molecular formula is C16H16FN3O3. The highest BCUT2D eigenvalue weighted by atomic mass is 19.1. The molecule has 0 bridgehead atoms. The summed E-state index contributed by atoms with van der Waals surface area (Å²) in [5, 5.41) is 0. The van der Waals surface area contributed by atoms with Gasteiger partial charge in [0.15, 0.2) is 0 Å². The van der Waals surface area contributed by atoms with Crippen molar-refractivity contribution < 1.29 is 18.7 Å². The number of aromatic nitrogens is 2. The van der Waals surface area contributed by atoms with Crippen molar-refractivity contribution >= 4 is 5.91 Å². The van der Waals surface area contributed by atoms with Crippen molar-refractivity contribution in [1.82, 2.24) is 14.9 Å². The Hall–Kier alpha value is -2.54. The van der Waals surface area contributed by atoms with Crippen LogP contribution in [0.1, 0.15) is 10.4 Å². The zero-order valence-electron chi connectivity index (χ0n) is 12.4. The van der Waals surface area contributed by atoms with Crippen molar-refractivity contribution in [3.8, 4) is 5.88 Å². The summed E-state index contributed by atoms with van der Waals surface area (Å²) >= 11 is 0. The van der Waals surface area contributed by atoms with E-state index in [1.54, 1.807) is 17.2 Å². The second-order valence-electron chi connectivity index (χ2n) is 5.12. The lowest BCUT2D eigenvalue weighted by Gasteiger charge is -2.23. The van der Waals surface area contributed by atoms with Crippen molar-refractivity contribution in [2.24, 2.45) is 0 Å². The molecular weight excluding hydrogens is 301 g/mol. The number of carbonyl (C=O) groups excluding carboxylic acids is 1. The van der Waals surface area contributed by atoms with Gasteiger partial charge in [-0.3, -0.25) is 9.78 Å². The number of benzene rings is 1. The van der Waals surface area contributed by atoms with Crippen LogP contribution in [0.3, 0.4) is 0 Å². The van der Waals surface area contributed by atoms with E-state index in [2.05, 4.69) is 9.97 Å². The molecule has 0 radical (unpaired) electrons. The topological polar surface area (TPSA) is 64.6 Å². The normalized spacial score (nSPS) is 18.3. The lowest BCUT2D eigenvalue weighted by Crippen LogP contribution is -2.40. The van der Waals surface area contributed by atoms with Gasteiger partial charge in [-0.05, 0) is 18.2 Å².